The van der Waals surface area contributed by atoms with E-state index in [2.05, 4.69) is 4.98 Å². The maximum atomic E-state index is 11.7. The third-order valence-corrected chi connectivity index (χ3v) is 0.874. The Bertz CT molecular complexity index is 204. The van der Waals surface area contributed by atoms with Crippen LogP contribution in [0.15, 0.2) is 18.3 Å². The number of hydrogen-bond acceptors (Lipinski definition) is 1. The van der Waals surface area contributed by atoms with E-state index >= 15 is 0 Å². The van der Waals surface area contributed by atoms with E-state index in [0.29, 0.717) is 0 Å². The molecular weight excluding hydrogens is 143 g/mol. The minimum absolute atomic E-state index is 0.977. The molecule has 0 bridgehead atoms. The molecule has 0 atom stereocenters. The summed E-state index contributed by atoms with van der Waals surface area (Å²) in [6.45, 7) is 0. The van der Waals surface area contributed by atoms with E-state index in [-0.39, 0.29) is 0 Å². The van der Waals surface area contributed by atoms with Crippen LogP contribution >= 0.6 is 0 Å². The van der Waals surface area contributed by atoms with Crippen LogP contribution in [0, 0.1) is 6.07 Å². The number of halogens is 3. The van der Waals surface area contributed by atoms with Crippen molar-refractivity contribution in [3.05, 3.63) is 30.1 Å². The molecule has 4 heteroatoms. The first-order valence-electron chi connectivity index (χ1n) is 2.50. The van der Waals surface area contributed by atoms with Crippen LogP contribution in [0.4, 0.5) is 13.2 Å². The highest BCUT2D eigenvalue weighted by Gasteiger charge is 2.31. The molecule has 1 nitrogen and oxygen atoms in total. The molecule has 1 rings (SSSR count). The van der Waals surface area contributed by atoms with E-state index in [1.54, 1.807) is 0 Å². The molecule has 1 radical (unpaired) electrons. The predicted octanol–water partition coefficient (Wildman–Crippen LogP) is 1.90. The number of aromatic nitrogens is 1. The molecule has 0 aliphatic rings. The Kier molecular flexibility index (Phi) is 1.61. The molecule has 53 valence electrons. The van der Waals surface area contributed by atoms with Gasteiger partial charge >= 0.3 is 6.18 Å². The van der Waals surface area contributed by atoms with Crippen molar-refractivity contribution in [3.8, 4) is 0 Å². The number of rotatable bonds is 0. The SMILES string of the molecule is FC(F)(F)c1[c]cccn1. The van der Waals surface area contributed by atoms with Gasteiger partial charge in [-0.15, -0.1) is 0 Å². The molecule has 0 amide bonds. The lowest BCUT2D eigenvalue weighted by Crippen LogP contribution is -2.06. The molecule has 0 N–H and O–H groups in total. The quantitative estimate of drug-likeness (QED) is 0.544. The van der Waals surface area contributed by atoms with Gasteiger partial charge < -0.3 is 0 Å². The Morgan fingerprint density at radius 3 is 2.40 bits per heavy atom. The fourth-order valence-corrected chi connectivity index (χ4v) is 0.480. The zero-order chi connectivity index (χ0) is 7.61. The summed E-state index contributed by atoms with van der Waals surface area (Å²) < 4.78 is 35.1. The predicted molar refractivity (Wildman–Crippen MR) is 28.1 cm³/mol. The molecule has 0 unspecified atom stereocenters. The fraction of sp³-hybridized carbons (Fsp3) is 0.167. The van der Waals surface area contributed by atoms with E-state index in [1.807, 2.05) is 6.07 Å². The summed E-state index contributed by atoms with van der Waals surface area (Å²) in [6, 6.07) is 4.53. The van der Waals surface area contributed by atoms with Crippen LogP contribution in [0.3, 0.4) is 0 Å². The van der Waals surface area contributed by atoms with Crippen molar-refractivity contribution in [1.82, 2.24) is 4.98 Å². The van der Waals surface area contributed by atoms with Crippen LogP contribution in [0.1, 0.15) is 5.69 Å². The van der Waals surface area contributed by atoms with Gasteiger partial charge in [-0.1, -0.05) is 6.07 Å². The third-order valence-electron chi connectivity index (χ3n) is 0.874. The summed E-state index contributed by atoms with van der Waals surface area (Å²) >= 11 is 0. The summed E-state index contributed by atoms with van der Waals surface area (Å²) in [4.78, 5) is 3.07. The Hall–Kier alpha value is -1.06. The monoisotopic (exact) mass is 146 g/mol. The highest BCUT2D eigenvalue weighted by atomic mass is 19.4. The zero-order valence-corrected chi connectivity index (χ0v) is 4.81. The lowest BCUT2D eigenvalue weighted by Gasteiger charge is -2.01. The molecule has 10 heavy (non-hydrogen) atoms. The van der Waals surface area contributed by atoms with Gasteiger partial charge in [0.1, 0.15) is 0 Å². The third kappa shape index (κ3) is 1.46. The summed E-state index contributed by atoms with van der Waals surface area (Å²) in [5.41, 5.74) is -0.977. The molecule has 0 fully saturated rings. The van der Waals surface area contributed by atoms with Gasteiger partial charge in [-0.25, -0.2) is 0 Å². The molecule has 1 heterocycles. The second-order valence-corrected chi connectivity index (χ2v) is 1.63. The molecule has 0 aliphatic heterocycles. The van der Waals surface area contributed by atoms with Gasteiger partial charge in [0.15, 0.2) is 5.69 Å². The minimum Gasteiger partial charge on any atom is -0.251 e. The van der Waals surface area contributed by atoms with Gasteiger partial charge in [0.25, 0.3) is 0 Å². The van der Waals surface area contributed by atoms with E-state index in [1.165, 1.54) is 12.1 Å². The van der Waals surface area contributed by atoms with Gasteiger partial charge in [-0.2, -0.15) is 13.2 Å². The smallest absolute Gasteiger partial charge is 0.251 e. The molecule has 1 aromatic rings. The first-order chi connectivity index (χ1) is 4.61. The van der Waals surface area contributed by atoms with Gasteiger partial charge in [0, 0.05) is 12.3 Å². The van der Waals surface area contributed by atoms with Crippen LogP contribution in [-0.4, -0.2) is 4.98 Å². The summed E-state index contributed by atoms with van der Waals surface area (Å²) in [6.07, 6.45) is -3.29. The second-order valence-electron chi connectivity index (χ2n) is 1.63. The van der Waals surface area contributed by atoms with Gasteiger partial charge in [0.2, 0.25) is 0 Å². The van der Waals surface area contributed by atoms with Crippen molar-refractivity contribution in [2.75, 3.05) is 0 Å². The normalized spacial score (nSPS) is 11.5. The van der Waals surface area contributed by atoms with Crippen LogP contribution in [0.2, 0.25) is 0 Å². The van der Waals surface area contributed by atoms with Crippen molar-refractivity contribution >= 4 is 0 Å². The van der Waals surface area contributed by atoms with E-state index in [9.17, 15) is 13.2 Å². The fourth-order valence-electron chi connectivity index (χ4n) is 0.480. The average Bonchev–Trinajstić information content (AvgIpc) is 1.88. The van der Waals surface area contributed by atoms with Gasteiger partial charge in [-0.3, -0.25) is 4.98 Å². The van der Waals surface area contributed by atoms with E-state index < -0.39 is 11.9 Å². The number of hydrogen-bond donors (Lipinski definition) is 0. The minimum atomic E-state index is -4.37. The highest BCUT2D eigenvalue weighted by Crippen LogP contribution is 2.26. The largest absolute Gasteiger partial charge is 0.433 e. The first kappa shape index (κ1) is 7.05. The Morgan fingerprint density at radius 2 is 2.10 bits per heavy atom. The standard InChI is InChI=1S/C6H3F3N/c7-6(8,9)5-3-1-2-4-10-5/h1-2,4H. The lowest BCUT2D eigenvalue weighted by atomic mass is 10.3. The highest BCUT2D eigenvalue weighted by molar-refractivity contribution is 5.04. The van der Waals surface area contributed by atoms with Crippen molar-refractivity contribution in [2.45, 2.75) is 6.18 Å². The Morgan fingerprint density at radius 1 is 1.40 bits per heavy atom. The average molecular weight is 146 g/mol. The Balaban J connectivity index is 2.97. The summed E-state index contributed by atoms with van der Waals surface area (Å²) in [7, 11) is 0. The van der Waals surface area contributed by atoms with Gasteiger partial charge in [-0.05, 0) is 6.07 Å². The maximum absolute atomic E-state index is 11.7. The van der Waals surface area contributed by atoms with E-state index in [0.717, 1.165) is 6.20 Å². The van der Waals surface area contributed by atoms with Crippen molar-refractivity contribution in [3.63, 3.8) is 0 Å². The molecule has 0 aliphatic carbocycles. The number of pyridine rings is 1. The first-order valence-corrected chi connectivity index (χ1v) is 2.50. The molecule has 0 aromatic carbocycles. The summed E-state index contributed by atoms with van der Waals surface area (Å²) in [5, 5.41) is 0. The number of alkyl halides is 3. The lowest BCUT2D eigenvalue weighted by molar-refractivity contribution is -0.141. The molecule has 0 spiro atoms. The number of nitrogens with zero attached hydrogens (tertiary/aromatic N) is 1. The van der Waals surface area contributed by atoms with Crippen molar-refractivity contribution in [2.24, 2.45) is 0 Å². The maximum Gasteiger partial charge on any atom is 0.433 e. The van der Waals surface area contributed by atoms with Crippen LogP contribution in [0.25, 0.3) is 0 Å². The van der Waals surface area contributed by atoms with Crippen LogP contribution in [0.5, 0.6) is 0 Å². The molecule has 0 saturated heterocycles. The van der Waals surface area contributed by atoms with Crippen molar-refractivity contribution < 1.29 is 13.2 Å². The van der Waals surface area contributed by atoms with Gasteiger partial charge in [0.05, 0.1) is 0 Å². The van der Waals surface area contributed by atoms with Crippen molar-refractivity contribution in [1.29, 1.82) is 0 Å². The second kappa shape index (κ2) is 2.28. The zero-order valence-electron chi connectivity index (χ0n) is 4.81. The summed E-state index contributed by atoms with van der Waals surface area (Å²) in [5.74, 6) is 0. The topological polar surface area (TPSA) is 12.9 Å². The Labute approximate surface area is 55.5 Å². The molecule has 1 aromatic heterocycles. The molecular formula is C6H3F3N. The molecule has 0 saturated carbocycles. The van der Waals surface area contributed by atoms with E-state index in [4.69, 9.17) is 0 Å². The van der Waals surface area contributed by atoms with Crippen LogP contribution in [-0.2, 0) is 6.18 Å². The van der Waals surface area contributed by atoms with Crippen LogP contribution < -0.4 is 0 Å².